The van der Waals surface area contributed by atoms with Gasteiger partial charge in [0.2, 0.25) is 0 Å². The molecule has 3 aromatic rings. The Morgan fingerprint density at radius 2 is 1.84 bits per heavy atom. The van der Waals surface area contributed by atoms with Crippen LogP contribution >= 0.6 is 11.6 Å². The fourth-order valence-electron chi connectivity index (χ4n) is 2.64. The van der Waals surface area contributed by atoms with Crippen LogP contribution < -0.4 is 10.9 Å². The van der Waals surface area contributed by atoms with Crippen molar-refractivity contribution in [2.45, 2.75) is 26.8 Å². The molecule has 2 aromatic carbocycles. The van der Waals surface area contributed by atoms with Crippen LogP contribution in [0.4, 0.5) is 0 Å². The Hall–Kier alpha value is -2.59. The quantitative estimate of drug-likeness (QED) is 0.701. The standard InChI is InChI=1S/C20H18ClNO3/c1-11-4-5-14(8-12(11)2)13(3)22-19(23)17-10-15-9-16(21)6-7-18(15)25-20(17)24/h4-10,13H,1-3H3,(H,22,23)/t13-/m1/s1. The van der Waals surface area contributed by atoms with Crippen molar-refractivity contribution in [2.24, 2.45) is 0 Å². The molecule has 0 aliphatic heterocycles. The van der Waals surface area contributed by atoms with Gasteiger partial charge in [0.05, 0.1) is 6.04 Å². The third kappa shape index (κ3) is 3.59. The average Bonchev–Trinajstić information content (AvgIpc) is 2.56. The zero-order chi connectivity index (χ0) is 18.1. The van der Waals surface area contributed by atoms with Crippen LogP contribution in [0.15, 0.2) is 51.7 Å². The van der Waals surface area contributed by atoms with Crippen molar-refractivity contribution in [1.82, 2.24) is 5.32 Å². The van der Waals surface area contributed by atoms with Gasteiger partial charge >= 0.3 is 5.63 Å². The van der Waals surface area contributed by atoms with E-state index in [0.29, 0.717) is 16.0 Å². The van der Waals surface area contributed by atoms with Gasteiger partial charge in [-0.15, -0.1) is 0 Å². The summed E-state index contributed by atoms with van der Waals surface area (Å²) in [7, 11) is 0. The van der Waals surface area contributed by atoms with E-state index < -0.39 is 11.5 Å². The van der Waals surface area contributed by atoms with Gasteiger partial charge in [0.1, 0.15) is 11.1 Å². The first kappa shape index (κ1) is 17.2. The SMILES string of the molecule is Cc1ccc([C@@H](C)NC(=O)c2cc3cc(Cl)ccc3oc2=O)cc1C. The van der Waals surface area contributed by atoms with Gasteiger partial charge in [-0.1, -0.05) is 29.8 Å². The van der Waals surface area contributed by atoms with Gasteiger partial charge in [0, 0.05) is 10.4 Å². The number of rotatable bonds is 3. The number of carbonyl (C=O) groups is 1. The summed E-state index contributed by atoms with van der Waals surface area (Å²) in [5.41, 5.74) is 3.01. The molecule has 1 amide bonds. The molecule has 0 fully saturated rings. The summed E-state index contributed by atoms with van der Waals surface area (Å²) >= 11 is 5.96. The monoisotopic (exact) mass is 355 g/mol. The number of halogens is 1. The molecule has 1 aromatic heterocycles. The van der Waals surface area contributed by atoms with Gasteiger partial charge in [-0.05, 0) is 61.7 Å². The lowest BCUT2D eigenvalue weighted by Gasteiger charge is -2.15. The molecule has 0 unspecified atom stereocenters. The number of benzene rings is 2. The van der Waals surface area contributed by atoms with E-state index in [9.17, 15) is 9.59 Å². The van der Waals surface area contributed by atoms with Crippen molar-refractivity contribution in [3.05, 3.63) is 80.2 Å². The smallest absolute Gasteiger partial charge is 0.349 e. The molecule has 5 heteroatoms. The number of nitrogens with one attached hydrogen (secondary N) is 1. The molecule has 1 heterocycles. The first-order valence-corrected chi connectivity index (χ1v) is 8.34. The fourth-order valence-corrected chi connectivity index (χ4v) is 2.82. The largest absolute Gasteiger partial charge is 0.422 e. The highest BCUT2D eigenvalue weighted by Gasteiger charge is 2.17. The van der Waals surface area contributed by atoms with E-state index >= 15 is 0 Å². The molecule has 0 saturated heterocycles. The summed E-state index contributed by atoms with van der Waals surface area (Å²) in [5.74, 6) is -0.471. The lowest BCUT2D eigenvalue weighted by Crippen LogP contribution is -2.30. The third-order valence-corrected chi connectivity index (χ3v) is 4.55. The first-order chi connectivity index (χ1) is 11.8. The average molecular weight is 356 g/mol. The molecule has 0 bridgehead atoms. The van der Waals surface area contributed by atoms with Gasteiger partial charge < -0.3 is 9.73 Å². The Bertz CT molecular complexity index is 1020. The summed E-state index contributed by atoms with van der Waals surface area (Å²) < 4.78 is 5.22. The maximum Gasteiger partial charge on any atom is 0.349 e. The highest BCUT2D eigenvalue weighted by Crippen LogP contribution is 2.20. The van der Waals surface area contributed by atoms with E-state index in [0.717, 1.165) is 11.1 Å². The second-order valence-corrected chi connectivity index (χ2v) is 6.60. The summed E-state index contributed by atoms with van der Waals surface area (Å²) in [4.78, 5) is 24.6. The van der Waals surface area contributed by atoms with Crippen LogP contribution in [0.2, 0.25) is 5.02 Å². The molecule has 0 saturated carbocycles. The predicted octanol–water partition coefficient (Wildman–Crippen LogP) is 4.55. The molecule has 0 radical (unpaired) electrons. The second kappa shape index (κ2) is 6.73. The molecule has 1 atom stereocenters. The summed E-state index contributed by atoms with van der Waals surface area (Å²) in [6, 6.07) is 12.2. The third-order valence-electron chi connectivity index (χ3n) is 4.32. The zero-order valence-electron chi connectivity index (χ0n) is 14.2. The van der Waals surface area contributed by atoms with Crippen LogP contribution in [0, 0.1) is 13.8 Å². The molecule has 0 aliphatic rings. The molecular weight excluding hydrogens is 338 g/mol. The molecule has 4 nitrogen and oxygen atoms in total. The molecule has 0 aliphatic carbocycles. The lowest BCUT2D eigenvalue weighted by atomic mass is 10.0. The molecule has 128 valence electrons. The Labute approximate surface area is 150 Å². The van der Waals surface area contributed by atoms with Crippen LogP contribution in [0.1, 0.15) is 40.0 Å². The topological polar surface area (TPSA) is 59.3 Å². The molecule has 3 rings (SSSR count). The minimum atomic E-state index is -0.667. The van der Waals surface area contributed by atoms with Gasteiger partial charge in [-0.2, -0.15) is 0 Å². The Morgan fingerprint density at radius 3 is 2.56 bits per heavy atom. The zero-order valence-corrected chi connectivity index (χ0v) is 15.0. The highest BCUT2D eigenvalue weighted by atomic mass is 35.5. The number of fused-ring (bicyclic) bond motifs is 1. The van der Waals surface area contributed by atoms with Crippen LogP contribution in [0.5, 0.6) is 0 Å². The lowest BCUT2D eigenvalue weighted by molar-refractivity contribution is 0.0936. The summed E-state index contributed by atoms with van der Waals surface area (Å²) in [6.07, 6.45) is 0. The summed E-state index contributed by atoms with van der Waals surface area (Å²) in [5, 5.41) is 3.97. The van der Waals surface area contributed by atoms with Crippen molar-refractivity contribution >= 4 is 28.5 Å². The van der Waals surface area contributed by atoms with Gasteiger partial charge in [0.25, 0.3) is 5.91 Å². The minimum Gasteiger partial charge on any atom is -0.422 e. The maximum absolute atomic E-state index is 12.5. The number of hydrogen-bond acceptors (Lipinski definition) is 3. The summed E-state index contributed by atoms with van der Waals surface area (Å²) in [6.45, 7) is 5.93. The Kier molecular flexibility index (Phi) is 4.64. The maximum atomic E-state index is 12.5. The molecule has 25 heavy (non-hydrogen) atoms. The fraction of sp³-hybridized carbons (Fsp3) is 0.200. The number of carbonyl (C=O) groups excluding carboxylic acids is 1. The normalized spacial score (nSPS) is 12.2. The number of hydrogen-bond donors (Lipinski definition) is 1. The van der Waals surface area contributed by atoms with Crippen molar-refractivity contribution in [2.75, 3.05) is 0 Å². The van der Waals surface area contributed by atoms with E-state index in [1.54, 1.807) is 18.2 Å². The molecule has 1 N–H and O–H groups in total. The van der Waals surface area contributed by atoms with Gasteiger partial charge in [-0.25, -0.2) is 4.79 Å². The Balaban J connectivity index is 1.89. The van der Waals surface area contributed by atoms with Crippen molar-refractivity contribution in [3.63, 3.8) is 0 Å². The van der Waals surface area contributed by atoms with Gasteiger partial charge in [-0.3, -0.25) is 4.79 Å². The van der Waals surface area contributed by atoms with Crippen LogP contribution in [-0.2, 0) is 0 Å². The van der Waals surface area contributed by atoms with Crippen molar-refractivity contribution in [3.8, 4) is 0 Å². The van der Waals surface area contributed by atoms with Crippen molar-refractivity contribution < 1.29 is 9.21 Å². The van der Waals surface area contributed by atoms with Crippen LogP contribution in [0.3, 0.4) is 0 Å². The highest BCUT2D eigenvalue weighted by molar-refractivity contribution is 6.31. The van der Waals surface area contributed by atoms with E-state index in [4.69, 9.17) is 16.0 Å². The number of aryl methyl sites for hydroxylation is 2. The molecular formula is C20H18ClNO3. The Morgan fingerprint density at radius 1 is 1.08 bits per heavy atom. The van der Waals surface area contributed by atoms with E-state index in [-0.39, 0.29) is 11.6 Å². The van der Waals surface area contributed by atoms with E-state index in [1.165, 1.54) is 11.6 Å². The van der Waals surface area contributed by atoms with E-state index in [2.05, 4.69) is 5.32 Å². The van der Waals surface area contributed by atoms with Gasteiger partial charge in [0.15, 0.2) is 0 Å². The minimum absolute atomic E-state index is 0.0366. The first-order valence-electron chi connectivity index (χ1n) is 7.96. The number of amides is 1. The second-order valence-electron chi connectivity index (χ2n) is 6.17. The van der Waals surface area contributed by atoms with E-state index in [1.807, 2.05) is 39.0 Å². The molecule has 0 spiro atoms. The van der Waals surface area contributed by atoms with Crippen molar-refractivity contribution in [1.29, 1.82) is 0 Å². The van der Waals surface area contributed by atoms with Crippen LogP contribution in [-0.4, -0.2) is 5.91 Å². The predicted molar refractivity (Wildman–Crippen MR) is 99.3 cm³/mol. The van der Waals surface area contributed by atoms with Crippen LogP contribution in [0.25, 0.3) is 11.0 Å².